The van der Waals surface area contributed by atoms with E-state index in [1.54, 1.807) is 0 Å². The van der Waals surface area contributed by atoms with Crippen LogP contribution in [0.25, 0.3) is 0 Å². The van der Waals surface area contributed by atoms with Crippen molar-refractivity contribution >= 4 is 11.7 Å². The van der Waals surface area contributed by atoms with Crippen LogP contribution in [0.3, 0.4) is 0 Å². The van der Waals surface area contributed by atoms with Gasteiger partial charge in [0.25, 0.3) is 0 Å². The number of rotatable bonds is 1. The third-order valence-electron chi connectivity index (χ3n) is 5.93. The Labute approximate surface area is 125 Å². The van der Waals surface area contributed by atoms with Crippen LogP contribution in [0.1, 0.15) is 31.2 Å². The standard InChI is InChI=1S/C17H23N3O/c1-19-13-6-7-14(19)9-12(8-13)16-10-11-4-2-3-5-15(11)20(16)17(18)21/h2-5,12-14,16H,6-10H2,1H3,(H2,18,21)/t12?,13-,14+,16?. The fourth-order valence-corrected chi connectivity index (χ4v) is 4.84. The first-order valence-electron chi connectivity index (χ1n) is 8.03. The molecule has 2 fully saturated rings. The number of primary amides is 1. The van der Waals surface area contributed by atoms with Gasteiger partial charge < -0.3 is 10.6 Å². The molecule has 3 aliphatic heterocycles. The van der Waals surface area contributed by atoms with Crippen molar-refractivity contribution in [2.45, 2.75) is 50.2 Å². The summed E-state index contributed by atoms with van der Waals surface area (Å²) in [6, 6.07) is 9.58. The summed E-state index contributed by atoms with van der Waals surface area (Å²) in [4.78, 5) is 16.4. The van der Waals surface area contributed by atoms with E-state index >= 15 is 0 Å². The average molecular weight is 285 g/mol. The largest absolute Gasteiger partial charge is 0.351 e. The first kappa shape index (κ1) is 13.1. The number of hydrogen-bond donors (Lipinski definition) is 1. The minimum atomic E-state index is -0.295. The molecule has 2 bridgehead atoms. The molecule has 2 unspecified atom stereocenters. The highest BCUT2D eigenvalue weighted by Crippen LogP contribution is 2.44. The molecular formula is C17H23N3O. The van der Waals surface area contributed by atoms with Crippen molar-refractivity contribution in [2.75, 3.05) is 11.9 Å². The number of urea groups is 1. The topological polar surface area (TPSA) is 49.6 Å². The summed E-state index contributed by atoms with van der Waals surface area (Å²) in [5.41, 5.74) is 8.00. The lowest BCUT2D eigenvalue weighted by atomic mass is 9.83. The molecule has 0 radical (unpaired) electrons. The highest BCUT2D eigenvalue weighted by Gasteiger charge is 2.45. The highest BCUT2D eigenvalue weighted by molar-refractivity contribution is 5.93. The molecule has 4 nitrogen and oxygen atoms in total. The summed E-state index contributed by atoms with van der Waals surface area (Å²) in [6.07, 6.45) is 6.00. The number of nitrogens with zero attached hydrogens (tertiary/aromatic N) is 2. The van der Waals surface area contributed by atoms with Crippen LogP contribution in [0, 0.1) is 5.92 Å². The van der Waals surface area contributed by atoms with Gasteiger partial charge in [0.1, 0.15) is 0 Å². The molecule has 4 heteroatoms. The lowest BCUT2D eigenvalue weighted by Gasteiger charge is -2.41. The van der Waals surface area contributed by atoms with Gasteiger partial charge >= 0.3 is 6.03 Å². The molecule has 3 heterocycles. The minimum Gasteiger partial charge on any atom is -0.351 e. The van der Waals surface area contributed by atoms with E-state index in [-0.39, 0.29) is 12.1 Å². The minimum absolute atomic E-state index is 0.261. The van der Waals surface area contributed by atoms with Gasteiger partial charge in [0.05, 0.1) is 0 Å². The molecule has 3 aliphatic rings. The lowest BCUT2D eigenvalue weighted by molar-refractivity contribution is 0.121. The maximum absolute atomic E-state index is 12.0. The van der Waals surface area contributed by atoms with E-state index in [1.807, 2.05) is 17.0 Å². The van der Waals surface area contributed by atoms with Crippen molar-refractivity contribution < 1.29 is 4.79 Å². The number of fused-ring (bicyclic) bond motifs is 3. The predicted octanol–water partition coefficient (Wildman–Crippen LogP) is 2.37. The Bertz CT molecular complexity index is 559. The van der Waals surface area contributed by atoms with Crippen LogP contribution in [0.5, 0.6) is 0 Å². The van der Waals surface area contributed by atoms with E-state index in [9.17, 15) is 4.79 Å². The van der Waals surface area contributed by atoms with Gasteiger partial charge in [-0.05, 0) is 56.7 Å². The Kier molecular flexibility index (Phi) is 2.96. The molecule has 4 atom stereocenters. The number of para-hydroxylation sites is 1. The second-order valence-corrected chi connectivity index (χ2v) is 6.89. The fourth-order valence-electron chi connectivity index (χ4n) is 4.84. The van der Waals surface area contributed by atoms with E-state index in [4.69, 9.17) is 5.73 Å². The molecule has 0 spiro atoms. The monoisotopic (exact) mass is 285 g/mol. The molecule has 2 N–H and O–H groups in total. The quantitative estimate of drug-likeness (QED) is 0.861. The van der Waals surface area contributed by atoms with E-state index in [0.29, 0.717) is 18.0 Å². The molecule has 4 rings (SSSR count). The average Bonchev–Trinajstić information content (AvgIpc) is 2.92. The maximum atomic E-state index is 12.0. The molecule has 21 heavy (non-hydrogen) atoms. The summed E-state index contributed by atoms with van der Waals surface area (Å²) in [7, 11) is 2.26. The van der Waals surface area contributed by atoms with Crippen molar-refractivity contribution in [3.8, 4) is 0 Å². The molecule has 2 saturated heterocycles. The highest BCUT2D eigenvalue weighted by atomic mass is 16.2. The number of amides is 2. The number of hydrogen-bond acceptors (Lipinski definition) is 2. The van der Waals surface area contributed by atoms with Crippen molar-refractivity contribution in [3.05, 3.63) is 29.8 Å². The van der Waals surface area contributed by atoms with Crippen molar-refractivity contribution in [3.63, 3.8) is 0 Å². The zero-order valence-corrected chi connectivity index (χ0v) is 12.5. The first-order valence-corrected chi connectivity index (χ1v) is 8.03. The number of benzene rings is 1. The van der Waals surface area contributed by atoms with Gasteiger partial charge in [-0.25, -0.2) is 4.79 Å². The lowest BCUT2D eigenvalue weighted by Crippen LogP contribution is -2.50. The summed E-state index contributed by atoms with van der Waals surface area (Å²) >= 11 is 0. The maximum Gasteiger partial charge on any atom is 0.319 e. The van der Waals surface area contributed by atoms with Crippen LogP contribution in [0.15, 0.2) is 24.3 Å². The Morgan fingerprint density at radius 3 is 2.52 bits per heavy atom. The second kappa shape index (κ2) is 4.73. The Morgan fingerprint density at radius 2 is 1.86 bits per heavy atom. The summed E-state index contributed by atoms with van der Waals surface area (Å²) < 4.78 is 0. The van der Waals surface area contributed by atoms with Crippen molar-refractivity contribution in [1.82, 2.24) is 4.90 Å². The molecule has 2 amide bonds. The van der Waals surface area contributed by atoms with Gasteiger partial charge in [0.15, 0.2) is 0 Å². The van der Waals surface area contributed by atoms with E-state index < -0.39 is 0 Å². The summed E-state index contributed by atoms with van der Waals surface area (Å²) in [6.45, 7) is 0. The summed E-state index contributed by atoms with van der Waals surface area (Å²) in [5.74, 6) is 0.582. The number of piperidine rings is 1. The third kappa shape index (κ3) is 1.96. The van der Waals surface area contributed by atoms with Gasteiger partial charge in [-0.1, -0.05) is 18.2 Å². The molecule has 0 saturated carbocycles. The van der Waals surface area contributed by atoms with Crippen molar-refractivity contribution in [1.29, 1.82) is 0 Å². The molecule has 0 aromatic heterocycles. The van der Waals surface area contributed by atoms with Crippen LogP contribution in [-0.4, -0.2) is 36.1 Å². The van der Waals surface area contributed by atoms with Gasteiger partial charge in [-0.2, -0.15) is 0 Å². The van der Waals surface area contributed by atoms with Gasteiger partial charge in [-0.15, -0.1) is 0 Å². The molecule has 112 valence electrons. The second-order valence-electron chi connectivity index (χ2n) is 6.89. The van der Waals surface area contributed by atoms with Crippen molar-refractivity contribution in [2.24, 2.45) is 11.7 Å². The normalized spacial score (nSPS) is 35.0. The van der Waals surface area contributed by atoms with Crippen LogP contribution < -0.4 is 10.6 Å². The van der Waals surface area contributed by atoms with Crippen LogP contribution in [0.4, 0.5) is 10.5 Å². The number of carbonyl (C=O) groups is 1. The zero-order valence-electron chi connectivity index (χ0n) is 12.5. The smallest absolute Gasteiger partial charge is 0.319 e. The van der Waals surface area contributed by atoms with E-state index in [0.717, 1.165) is 12.1 Å². The van der Waals surface area contributed by atoms with E-state index in [1.165, 1.54) is 31.2 Å². The van der Waals surface area contributed by atoms with Crippen LogP contribution >= 0.6 is 0 Å². The molecule has 1 aromatic carbocycles. The van der Waals surface area contributed by atoms with Gasteiger partial charge in [0, 0.05) is 23.8 Å². The Balaban J connectivity index is 1.63. The first-order chi connectivity index (χ1) is 10.1. The predicted molar refractivity (Wildman–Crippen MR) is 83.3 cm³/mol. The number of anilines is 1. The summed E-state index contributed by atoms with van der Waals surface area (Å²) in [5, 5.41) is 0. The molecule has 1 aromatic rings. The van der Waals surface area contributed by atoms with E-state index in [2.05, 4.69) is 24.1 Å². The third-order valence-corrected chi connectivity index (χ3v) is 5.93. The molecule has 0 aliphatic carbocycles. The zero-order chi connectivity index (χ0) is 14.6. The Hall–Kier alpha value is -1.55. The van der Waals surface area contributed by atoms with Gasteiger partial charge in [-0.3, -0.25) is 4.90 Å². The SMILES string of the molecule is CN1[C@@H]2CC[C@H]1CC(C1Cc3ccccc3N1C(N)=O)C2. The fraction of sp³-hybridized carbons (Fsp3) is 0.588. The number of carbonyl (C=O) groups excluding carboxylic acids is 1. The van der Waals surface area contributed by atoms with Crippen LogP contribution in [-0.2, 0) is 6.42 Å². The Morgan fingerprint density at radius 1 is 1.19 bits per heavy atom. The molecular weight excluding hydrogens is 262 g/mol. The number of nitrogens with two attached hydrogens (primary N) is 1. The van der Waals surface area contributed by atoms with Crippen LogP contribution in [0.2, 0.25) is 0 Å². The van der Waals surface area contributed by atoms with Gasteiger partial charge in [0.2, 0.25) is 0 Å².